The maximum Gasteiger partial charge on any atom is 0.0856 e. The van der Waals surface area contributed by atoms with E-state index in [9.17, 15) is 0 Å². The smallest absolute Gasteiger partial charge is 0.0856 e. The van der Waals surface area contributed by atoms with Crippen LogP contribution in [0, 0.1) is 11.3 Å². The number of nitrogens with one attached hydrogen (secondary N) is 1. The molecule has 0 unspecified atom stereocenters. The molecule has 0 aromatic heterocycles. The largest absolute Gasteiger partial charge is 0.340 e. The van der Waals surface area contributed by atoms with Crippen molar-refractivity contribution in [2.75, 3.05) is 7.05 Å². The third kappa shape index (κ3) is 25.5. The summed E-state index contributed by atoms with van der Waals surface area (Å²) in [6.07, 6.45) is 3.43. The Kier molecular flexibility index (Phi) is 36.2. The number of rotatable bonds is 5. The molecule has 0 saturated carbocycles. The first-order valence-corrected chi connectivity index (χ1v) is 6.99. The van der Waals surface area contributed by atoms with Gasteiger partial charge < -0.3 is 4.90 Å². The van der Waals surface area contributed by atoms with Gasteiger partial charge in [-0.25, -0.2) is 0 Å². The molecule has 106 valence electrons. The first-order chi connectivity index (χ1) is 8.07. The van der Waals surface area contributed by atoms with Crippen molar-refractivity contribution in [1.82, 2.24) is 4.90 Å². The highest BCUT2D eigenvalue weighted by atomic mass is 15.1. The second-order valence-corrected chi connectivity index (χ2v) is 3.24. The molecule has 0 radical (unpaired) electrons. The molecule has 0 spiro atoms. The highest BCUT2D eigenvalue weighted by Gasteiger charge is 1.99. The van der Waals surface area contributed by atoms with Crippen molar-refractivity contribution in [2.24, 2.45) is 5.92 Å². The van der Waals surface area contributed by atoms with E-state index in [-0.39, 0.29) is 0 Å². The van der Waals surface area contributed by atoms with Crippen LogP contribution in [-0.2, 0) is 0 Å². The number of hydrogen-bond acceptors (Lipinski definition) is 1. The van der Waals surface area contributed by atoms with Gasteiger partial charge in [-0.05, 0) is 18.8 Å². The van der Waals surface area contributed by atoms with E-state index in [1.807, 2.05) is 48.6 Å². The van der Waals surface area contributed by atoms with Gasteiger partial charge >= 0.3 is 0 Å². The van der Waals surface area contributed by atoms with Crippen LogP contribution in [0.15, 0.2) is 12.3 Å². The standard InChI is InChI=1S/C9H18N2.3C2H6/c1-8(2)5-6-9(3)11(4)7-10;3*1-2/h7-8,10H,3,5-6H2,1-2,4H3;3*1-2H3. The summed E-state index contributed by atoms with van der Waals surface area (Å²) in [7, 11) is 1.86. The van der Waals surface area contributed by atoms with Crippen molar-refractivity contribution in [3.63, 3.8) is 0 Å². The fourth-order valence-electron chi connectivity index (χ4n) is 0.723. The van der Waals surface area contributed by atoms with Gasteiger partial charge in [-0.1, -0.05) is 62.0 Å². The van der Waals surface area contributed by atoms with Crippen molar-refractivity contribution >= 4 is 6.34 Å². The number of hydrogen-bond donors (Lipinski definition) is 1. The summed E-state index contributed by atoms with van der Waals surface area (Å²) in [6, 6.07) is 0. The molecule has 0 saturated heterocycles. The zero-order valence-electron chi connectivity index (χ0n) is 13.7. The fourth-order valence-corrected chi connectivity index (χ4v) is 0.723. The van der Waals surface area contributed by atoms with E-state index in [1.54, 1.807) is 4.90 Å². The van der Waals surface area contributed by atoms with Crippen LogP contribution in [0.3, 0.4) is 0 Å². The molecule has 0 aliphatic heterocycles. The van der Waals surface area contributed by atoms with Crippen LogP contribution in [-0.4, -0.2) is 18.3 Å². The molecule has 0 atom stereocenters. The van der Waals surface area contributed by atoms with E-state index in [0.717, 1.165) is 18.5 Å². The van der Waals surface area contributed by atoms with Crippen molar-refractivity contribution in [3.05, 3.63) is 12.3 Å². The molecular formula is C15H36N2. The summed E-state index contributed by atoms with van der Waals surface area (Å²) in [5, 5.41) is 6.96. The predicted molar refractivity (Wildman–Crippen MR) is 83.8 cm³/mol. The summed E-state index contributed by atoms with van der Waals surface area (Å²) in [6.45, 7) is 20.3. The zero-order valence-corrected chi connectivity index (χ0v) is 13.7. The Bertz CT molecular complexity index is 140. The molecule has 1 N–H and O–H groups in total. The summed E-state index contributed by atoms with van der Waals surface area (Å²) < 4.78 is 0. The first-order valence-electron chi connectivity index (χ1n) is 6.99. The van der Waals surface area contributed by atoms with Crippen LogP contribution < -0.4 is 0 Å². The molecule has 0 aliphatic rings. The Hall–Kier alpha value is -0.790. The molecule has 0 fully saturated rings. The molecule has 0 aromatic rings. The third-order valence-electron chi connectivity index (χ3n) is 1.70. The first kappa shape index (κ1) is 25.2. The lowest BCUT2D eigenvalue weighted by molar-refractivity contribution is 0.525. The topological polar surface area (TPSA) is 27.1 Å². The van der Waals surface area contributed by atoms with Gasteiger partial charge in [0.25, 0.3) is 0 Å². The van der Waals surface area contributed by atoms with Crippen LogP contribution in [0.2, 0.25) is 0 Å². The Morgan fingerprint density at radius 2 is 1.47 bits per heavy atom. The highest BCUT2D eigenvalue weighted by Crippen LogP contribution is 2.10. The van der Waals surface area contributed by atoms with Crippen LogP contribution in [0.1, 0.15) is 68.2 Å². The number of allylic oxidation sites excluding steroid dienone is 1. The van der Waals surface area contributed by atoms with E-state index in [4.69, 9.17) is 5.41 Å². The Morgan fingerprint density at radius 1 is 1.12 bits per heavy atom. The minimum Gasteiger partial charge on any atom is -0.340 e. The van der Waals surface area contributed by atoms with Gasteiger partial charge in [-0.15, -0.1) is 0 Å². The highest BCUT2D eigenvalue weighted by molar-refractivity contribution is 5.53. The van der Waals surface area contributed by atoms with Crippen LogP contribution in [0.4, 0.5) is 0 Å². The van der Waals surface area contributed by atoms with Gasteiger partial charge in [-0.2, -0.15) is 0 Å². The van der Waals surface area contributed by atoms with Gasteiger partial charge in [0.2, 0.25) is 0 Å². The molecule has 0 heterocycles. The SMILES string of the molecule is C=C(CCC(C)C)N(C)C=N.CC.CC.CC. The minimum absolute atomic E-state index is 0.714. The summed E-state index contributed by atoms with van der Waals surface area (Å²) in [5.41, 5.74) is 1.02. The van der Waals surface area contributed by atoms with Gasteiger partial charge in [-0.3, -0.25) is 5.41 Å². The van der Waals surface area contributed by atoms with Gasteiger partial charge in [0, 0.05) is 12.7 Å². The molecule has 0 aromatic carbocycles. The molecular weight excluding hydrogens is 208 g/mol. The van der Waals surface area contributed by atoms with Crippen molar-refractivity contribution < 1.29 is 0 Å². The maximum atomic E-state index is 6.96. The Labute approximate surface area is 111 Å². The van der Waals surface area contributed by atoms with E-state index < -0.39 is 0 Å². The Morgan fingerprint density at radius 3 is 1.71 bits per heavy atom. The van der Waals surface area contributed by atoms with Crippen LogP contribution in [0.5, 0.6) is 0 Å². The average molecular weight is 244 g/mol. The molecule has 0 bridgehead atoms. The second-order valence-electron chi connectivity index (χ2n) is 3.24. The molecule has 0 rings (SSSR count). The van der Waals surface area contributed by atoms with E-state index >= 15 is 0 Å². The lowest BCUT2D eigenvalue weighted by atomic mass is 10.1. The van der Waals surface area contributed by atoms with Crippen molar-refractivity contribution in [1.29, 1.82) is 5.41 Å². The van der Waals surface area contributed by atoms with Gasteiger partial charge in [0.05, 0.1) is 6.34 Å². The molecule has 0 aliphatic carbocycles. The summed E-state index contributed by atoms with van der Waals surface area (Å²) in [5.74, 6) is 0.714. The van der Waals surface area contributed by atoms with Gasteiger partial charge in [0.15, 0.2) is 0 Å². The fraction of sp³-hybridized carbons (Fsp3) is 0.800. The third-order valence-corrected chi connectivity index (χ3v) is 1.70. The quantitative estimate of drug-likeness (QED) is 0.498. The number of nitrogens with zero attached hydrogens (tertiary/aromatic N) is 1. The van der Waals surface area contributed by atoms with Crippen LogP contribution in [0.25, 0.3) is 0 Å². The average Bonchev–Trinajstić information content (AvgIpc) is 2.41. The zero-order chi connectivity index (χ0) is 14.9. The van der Waals surface area contributed by atoms with E-state index in [2.05, 4.69) is 20.4 Å². The second kappa shape index (κ2) is 24.4. The Balaban J connectivity index is -0.000000121. The van der Waals surface area contributed by atoms with Crippen molar-refractivity contribution in [3.8, 4) is 0 Å². The molecule has 17 heavy (non-hydrogen) atoms. The monoisotopic (exact) mass is 244 g/mol. The lowest BCUT2D eigenvalue weighted by Crippen LogP contribution is -2.14. The van der Waals surface area contributed by atoms with Crippen LogP contribution >= 0.6 is 0 Å². The minimum atomic E-state index is 0.714. The maximum absolute atomic E-state index is 6.96. The predicted octanol–water partition coefficient (Wildman–Crippen LogP) is 5.55. The molecule has 2 nitrogen and oxygen atoms in total. The summed E-state index contributed by atoms with van der Waals surface area (Å²) in [4.78, 5) is 1.75. The normalized spacial score (nSPS) is 7.41. The lowest BCUT2D eigenvalue weighted by Gasteiger charge is -2.15. The van der Waals surface area contributed by atoms with Gasteiger partial charge in [0.1, 0.15) is 0 Å². The summed E-state index contributed by atoms with van der Waals surface area (Å²) >= 11 is 0. The van der Waals surface area contributed by atoms with E-state index in [1.165, 1.54) is 6.34 Å². The van der Waals surface area contributed by atoms with Crippen molar-refractivity contribution in [2.45, 2.75) is 68.2 Å². The van der Waals surface area contributed by atoms with E-state index in [0.29, 0.717) is 5.92 Å². The molecule has 0 amide bonds. The molecule has 2 heteroatoms.